The van der Waals surface area contributed by atoms with Gasteiger partial charge in [-0.15, -0.1) is 24.0 Å². The zero-order chi connectivity index (χ0) is 19.7. The first-order valence-electron chi connectivity index (χ1n) is 9.56. The van der Waals surface area contributed by atoms with Crippen LogP contribution in [0, 0.1) is 5.92 Å². The molecule has 0 aliphatic carbocycles. The number of rotatable bonds is 8. The summed E-state index contributed by atoms with van der Waals surface area (Å²) in [5.41, 5.74) is 0.861. The van der Waals surface area contributed by atoms with Gasteiger partial charge in [0, 0.05) is 33.4 Å². The first kappa shape index (κ1) is 25.1. The molecule has 0 bridgehead atoms. The van der Waals surface area contributed by atoms with Crippen LogP contribution in [-0.4, -0.2) is 59.7 Å². The van der Waals surface area contributed by atoms with E-state index in [1.165, 1.54) is 7.05 Å². The van der Waals surface area contributed by atoms with Gasteiger partial charge in [0.2, 0.25) is 10.0 Å². The van der Waals surface area contributed by atoms with Crippen LogP contribution in [0.2, 0.25) is 0 Å². The fraction of sp³-hybridized carbons (Fsp3) is 0.632. The number of guanidine groups is 1. The Morgan fingerprint density at radius 3 is 2.68 bits per heavy atom. The van der Waals surface area contributed by atoms with E-state index in [0.717, 1.165) is 57.1 Å². The van der Waals surface area contributed by atoms with Crippen LogP contribution in [0.4, 0.5) is 0 Å². The molecule has 28 heavy (non-hydrogen) atoms. The van der Waals surface area contributed by atoms with E-state index >= 15 is 0 Å². The summed E-state index contributed by atoms with van der Waals surface area (Å²) in [7, 11) is 0.0163. The number of sulfonamides is 1. The van der Waals surface area contributed by atoms with Crippen molar-refractivity contribution in [3.8, 4) is 0 Å². The Morgan fingerprint density at radius 1 is 1.32 bits per heavy atom. The molecule has 0 radical (unpaired) electrons. The van der Waals surface area contributed by atoms with Gasteiger partial charge in [-0.05, 0) is 56.8 Å². The van der Waals surface area contributed by atoms with Crippen molar-refractivity contribution in [1.29, 1.82) is 0 Å². The lowest BCUT2D eigenvalue weighted by Crippen LogP contribution is -2.40. The Hall–Kier alpha value is -0.910. The highest BCUT2D eigenvalue weighted by Gasteiger charge is 2.16. The number of benzene rings is 1. The molecule has 9 heteroatoms. The largest absolute Gasteiger partial charge is 0.381 e. The smallest absolute Gasteiger partial charge is 0.240 e. The molecule has 0 spiro atoms. The van der Waals surface area contributed by atoms with Crippen molar-refractivity contribution in [3.05, 3.63) is 29.8 Å². The van der Waals surface area contributed by atoms with Crippen molar-refractivity contribution in [1.82, 2.24) is 14.9 Å². The minimum atomic E-state index is -3.44. The van der Waals surface area contributed by atoms with Crippen molar-refractivity contribution in [3.63, 3.8) is 0 Å². The second-order valence-corrected chi connectivity index (χ2v) is 8.68. The van der Waals surface area contributed by atoms with Crippen LogP contribution in [0.1, 0.15) is 31.7 Å². The van der Waals surface area contributed by atoms with Crippen LogP contribution in [0.25, 0.3) is 0 Å². The van der Waals surface area contributed by atoms with Crippen molar-refractivity contribution >= 4 is 40.0 Å². The van der Waals surface area contributed by atoms with E-state index in [1.54, 1.807) is 18.2 Å². The molecule has 0 amide bonds. The highest BCUT2D eigenvalue weighted by Crippen LogP contribution is 2.18. The Bertz CT molecular complexity index is 722. The second kappa shape index (κ2) is 12.6. The minimum Gasteiger partial charge on any atom is -0.381 e. The number of nitrogens with zero attached hydrogens (tertiary/aromatic N) is 2. The summed E-state index contributed by atoms with van der Waals surface area (Å²) in [6.45, 7) is 5.93. The molecule has 1 aromatic rings. The Morgan fingerprint density at radius 2 is 2.04 bits per heavy atom. The summed E-state index contributed by atoms with van der Waals surface area (Å²) in [5.74, 6) is 1.55. The van der Waals surface area contributed by atoms with Gasteiger partial charge in [-0.1, -0.05) is 12.1 Å². The molecule has 160 valence electrons. The maximum Gasteiger partial charge on any atom is 0.240 e. The van der Waals surface area contributed by atoms with Crippen LogP contribution in [0.3, 0.4) is 0 Å². The average molecular weight is 524 g/mol. The number of aliphatic imine (C=N–C) groups is 1. The Labute approximate surface area is 186 Å². The van der Waals surface area contributed by atoms with Gasteiger partial charge in [0.25, 0.3) is 0 Å². The third-order valence-electron chi connectivity index (χ3n) is 4.80. The van der Waals surface area contributed by atoms with Gasteiger partial charge in [-0.2, -0.15) is 0 Å². The average Bonchev–Trinajstić information content (AvgIpc) is 2.70. The fourth-order valence-electron chi connectivity index (χ4n) is 3.08. The van der Waals surface area contributed by atoms with E-state index < -0.39 is 10.0 Å². The Kier molecular flexibility index (Phi) is 11.3. The van der Waals surface area contributed by atoms with Gasteiger partial charge >= 0.3 is 0 Å². The topological polar surface area (TPSA) is 83.0 Å². The lowest BCUT2D eigenvalue weighted by atomic mass is 9.96. The molecule has 1 heterocycles. The Balaban J connectivity index is 0.00000392. The molecule has 2 rings (SSSR count). The van der Waals surface area contributed by atoms with E-state index in [2.05, 4.69) is 19.9 Å². The number of ether oxygens (including phenoxy) is 1. The zero-order valence-corrected chi connectivity index (χ0v) is 20.1. The molecule has 0 aromatic heterocycles. The molecule has 0 saturated carbocycles. The molecular formula is C19H33IN4O3S. The summed E-state index contributed by atoms with van der Waals surface area (Å²) in [6.07, 6.45) is 3.39. The molecule has 2 N–H and O–H groups in total. The standard InChI is InChI=1S/C19H32N4O3S.HI/c1-4-21-19(23(3)11-8-16-9-12-26-13-10-16)22-15-17-6-5-7-18(14-17)27(24,25)20-2;/h5-7,14,16,20H,4,8-13,15H2,1-3H3,(H,21,22);1H. The van der Waals surface area contributed by atoms with Gasteiger partial charge in [-0.3, -0.25) is 0 Å². The maximum atomic E-state index is 12.0. The van der Waals surface area contributed by atoms with E-state index in [1.807, 2.05) is 20.0 Å². The van der Waals surface area contributed by atoms with E-state index in [-0.39, 0.29) is 28.9 Å². The predicted molar refractivity (Wildman–Crippen MR) is 124 cm³/mol. The summed E-state index contributed by atoms with van der Waals surface area (Å²) in [5, 5.41) is 3.32. The van der Waals surface area contributed by atoms with Crippen LogP contribution in [0.15, 0.2) is 34.2 Å². The lowest BCUT2D eigenvalue weighted by molar-refractivity contribution is 0.0625. The van der Waals surface area contributed by atoms with E-state index in [4.69, 9.17) is 4.74 Å². The summed E-state index contributed by atoms with van der Waals surface area (Å²) in [4.78, 5) is 7.09. The van der Waals surface area contributed by atoms with Crippen LogP contribution < -0.4 is 10.0 Å². The highest BCUT2D eigenvalue weighted by atomic mass is 127. The quantitative estimate of drug-likeness (QED) is 0.310. The number of hydrogen-bond acceptors (Lipinski definition) is 4. The minimum absolute atomic E-state index is 0. The van der Waals surface area contributed by atoms with Gasteiger partial charge < -0.3 is 15.0 Å². The van der Waals surface area contributed by atoms with Crippen molar-refractivity contribution in [2.24, 2.45) is 10.9 Å². The van der Waals surface area contributed by atoms with Gasteiger partial charge in [0.15, 0.2) is 5.96 Å². The highest BCUT2D eigenvalue weighted by molar-refractivity contribution is 14.0. The maximum absolute atomic E-state index is 12.0. The van der Waals surface area contributed by atoms with Crippen molar-refractivity contribution < 1.29 is 13.2 Å². The number of halogens is 1. The van der Waals surface area contributed by atoms with Gasteiger partial charge in [-0.25, -0.2) is 18.1 Å². The third kappa shape index (κ3) is 7.84. The molecule has 1 aliphatic rings. The monoisotopic (exact) mass is 524 g/mol. The summed E-state index contributed by atoms with van der Waals surface area (Å²) in [6, 6.07) is 6.89. The third-order valence-corrected chi connectivity index (χ3v) is 6.21. The SMILES string of the molecule is CCNC(=NCc1cccc(S(=O)(=O)NC)c1)N(C)CCC1CCOCC1.I. The first-order chi connectivity index (χ1) is 13.0. The molecule has 1 aromatic carbocycles. The van der Waals surface area contributed by atoms with Crippen LogP contribution in [-0.2, 0) is 21.3 Å². The predicted octanol–water partition coefficient (Wildman–Crippen LogP) is 2.43. The molecule has 1 saturated heterocycles. The van der Waals surface area contributed by atoms with Crippen molar-refractivity contribution in [2.45, 2.75) is 37.6 Å². The zero-order valence-electron chi connectivity index (χ0n) is 17.0. The van der Waals surface area contributed by atoms with E-state index in [9.17, 15) is 8.42 Å². The normalized spacial score (nSPS) is 15.8. The molecule has 7 nitrogen and oxygen atoms in total. The van der Waals surface area contributed by atoms with Crippen LogP contribution >= 0.6 is 24.0 Å². The number of hydrogen-bond donors (Lipinski definition) is 2. The molecule has 0 atom stereocenters. The first-order valence-corrected chi connectivity index (χ1v) is 11.0. The van der Waals surface area contributed by atoms with Gasteiger partial charge in [0.05, 0.1) is 11.4 Å². The van der Waals surface area contributed by atoms with Crippen LogP contribution in [0.5, 0.6) is 0 Å². The molecule has 1 fully saturated rings. The fourth-order valence-corrected chi connectivity index (χ4v) is 3.88. The molecule has 1 aliphatic heterocycles. The van der Waals surface area contributed by atoms with E-state index in [0.29, 0.717) is 12.5 Å². The summed E-state index contributed by atoms with van der Waals surface area (Å²) >= 11 is 0. The molecular weight excluding hydrogens is 491 g/mol. The molecule has 0 unspecified atom stereocenters. The van der Waals surface area contributed by atoms with Crippen molar-refractivity contribution in [2.75, 3.05) is 40.4 Å². The summed E-state index contributed by atoms with van der Waals surface area (Å²) < 4.78 is 31.7. The number of nitrogens with one attached hydrogen (secondary N) is 2. The lowest BCUT2D eigenvalue weighted by Gasteiger charge is -2.26. The van der Waals surface area contributed by atoms with Gasteiger partial charge in [0.1, 0.15) is 0 Å². The second-order valence-electron chi connectivity index (χ2n) is 6.79.